The maximum atomic E-state index is 5.44. The Bertz CT molecular complexity index is 392. The Kier molecular flexibility index (Phi) is 9.05. The van der Waals surface area contributed by atoms with Crippen LogP contribution >= 0.6 is 12.2 Å². The van der Waals surface area contributed by atoms with E-state index in [4.69, 9.17) is 22.7 Å². The molecule has 2 N–H and O–H groups in total. The van der Waals surface area contributed by atoms with Crippen LogP contribution in [0.15, 0.2) is 24.3 Å². The van der Waals surface area contributed by atoms with Crippen LogP contribution in [0, 0.1) is 0 Å². The molecule has 0 aromatic heterocycles. The molecule has 1 rings (SSSR count). The number of nitrogens with two attached hydrogens (primary N) is 1. The highest BCUT2D eigenvalue weighted by molar-refractivity contribution is 7.80. The molecule has 1 aromatic rings. The Morgan fingerprint density at radius 1 is 1.00 bits per heavy atom. The predicted molar refractivity (Wildman–Crippen MR) is 90.2 cm³/mol. The first-order valence-corrected chi connectivity index (χ1v) is 8.20. The van der Waals surface area contributed by atoms with Gasteiger partial charge >= 0.3 is 0 Å². The van der Waals surface area contributed by atoms with Gasteiger partial charge in [-0.3, -0.25) is 0 Å². The van der Waals surface area contributed by atoms with Crippen LogP contribution in [0.4, 0.5) is 0 Å². The Morgan fingerprint density at radius 2 is 1.60 bits per heavy atom. The normalized spacial score (nSPS) is 10.4. The molecule has 0 saturated heterocycles. The van der Waals surface area contributed by atoms with E-state index in [-0.39, 0.29) is 5.17 Å². The molecule has 0 spiro atoms. The van der Waals surface area contributed by atoms with E-state index in [1.807, 2.05) is 18.2 Å². The highest BCUT2D eigenvalue weighted by atomic mass is 32.1. The molecule has 0 unspecified atom stereocenters. The van der Waals surface area contributed by atoms with Gasteiger partial charge in [-0.15, -0.1) is 0 Å². The summed E-state index contributed by atoms with van der Waals surface area (Å²) < 4.78 is 5.38. The molecule has 3 heteroatoms. The molecule has 0 heterocycles. The smallest absolute Gasteiger partial charge is 0.259 e. The number of ether oxygens (including phenoxy) is 1. The van der Waals surface area contributed by atoms with Gasteiger partial charge < -0.3 is 10.5 Å². The Balaban J connectivity index is 2.20. The lowest BCUT2D eigenvalue weighted by Crippen LogP contribution is -2.16. The number of benzene rings is 1. The second kappa shape index (κ2) is 10.7. The zero-order valence-electron chi connectivity index (χ0n) is 12.6. The molecule has 2 nitrogen and oxygen atoms in total. The minimum Gasteiger partial charge on any atom is -0.432 e. The fourth-order valence-electron chi connectivity index (χ4n) is 2.37. The maximum Gasteiger partial charge on any atom is 0.259 e. The second-order valence-electron chi connectivity index (χ2n) is 5.25. The van der Waals surface area contributed by atoms with Crippen LogP contribution in [0.5, 0.6) is 5.75 Å². The number of hydrogen-bond donors (Lipinski definition) is 1. The largest absolute Gasteiger partial charge is 0.432 e. The molecule has 0 bridgehead atoms. The predicted octanol–water partition coefficient (Wildman–Crippen LogP) is 4.99. The monoisotopic (exact) mass is 293 g/mol. The van der Waals surface area contributed by atoms with Crippen LogP contribution in [0.2, 0.25) is 0 Å². The van der Waals surface area contributed by atoms with Crippen molar-refractivity contribution in [2.75, 3.05) is 0 Å². The summed E-state index contributed by atoms with van der Waals surface area (Å²) in [5, 5.41) is 0.0911. The molecule has 0 aliphatic heterocycles. The highest BCUT2D eigenvalue weighted by Crippen LogP contribution is 2.21. The second-order valence-corrected chi connectivity index (χ2v) is 5.66. The summed E-state index contributed by atoms with van der Waals surface area (Å²) in [6, 6.07) is 8.01. The van der Waals surface area contributed by atoms with Crippen molar-refractivity contribution in [3.8, 4) is 5.75 Å². The summed E-state index contributed by atoms with van der Waals surface area (Å²) >= 11 is 4.80. The first-order chi connectivity index (χ1) is 9.74. The zero-order chi connectivity index (χ0) is 14.6. The summed E-state index contributed by atoms with van der Waals surface area (Å²) in [5.41, 5.74) is 6.64. The van der Waals surface area contributed by atoms with Gasteiger partial charge in [-0.1, -0.05) is 70.1 Å². The minimum atomic E-state index is 0.0911. The topological polar surface area (TPSA) is 35.2 Å². The van der Waals surface area contributed by atoms with Gasteiger partial charge in [0.25, 0.3) is 5.17 Å². The van der Waals surface area contributed by atoms with E-state index in [1.54, 1.807) is 0 Å². The van der Waals surface area contributed by atoms with Gasteiger partial charge in [-0.05, 0) is 36.7 Å². The fourth-order valence-corrected chi connectivity index (χ4v) is 2.46. The third-order valence-electron chi connectivity index (χ3n) is 3.48. The van der Waals surface area contributed by atoms with E-state index in [0.29, 0.717) is 0 Å². The van der Waals surface area contributed by atoms with Crippen molar-refractivity contribution in [1.29, 1.82) is 0 Å². The third-order valence-corrected chi connectivity index (χ3v) is 3.57. The molecule has 20 heavy (non-hydrogen) atoms. The van der Waals surface area contributed by atoms with Crippen LogP contribution in [-0.4, -0.2) is 5.17 Å². The number of unbranched alkanes of at least 4 members (excludes halogenated alkanes) is 7. The molecular weight excluding hydrogens is 266 g/mol. The van der Waals surface area contributed by atoms with Gasteiger partial charge in [-0.2, -0.15) is 0 Å². The van der Waals surface area contributed by atoms with Crippen molar-refractivity contribution < 1.29 is 4.74 Å². The summed E-state index contributed by atoms with van der Waals surface area (Å²) in [7, 11) is 0. The van der Waals surface area contributed by atoms with Gasteiger partial charge in [-0.25, -0.2) is 0 Å². The quantitative estimate of drug-likeness (QED) is 0.487. The molecule has 0 amide bonds. The van der Waals surface area contributed by atoms with Crippen molar-refractivity contribution >= 4 is 17.4 Å². The van der Waals surface area contributed by atoms with Gasteiger partial charge in [0.2, 0.25) is 0 Å². The van der Waals surface area contributed by atoms with Crippen molar-refractivity contribution in [2.24, 2.45) is 5.73 Å². The lowest BCUT2D eigenvalue weighted by molar-refractivity contribution is 0.540. The molecule has 0 atom stereocenters. The molecule has 112 valence electrons. The van der Waals surface area contributed by atoms with Gasteiger partial charge in [0.1, 0.15) is 5.75 Å². The first-order valence-electron chi connectivity index (χ1n) is 7.79. The molecule has 1 aromatic carbocycles. The van der Waals surface area contributed by atoms with Crippen LogP contribution < -0.4 is 10.5 Å². The number of para-hydroxylation sites is 1. The van der Waals surface area contributed by atoms with Crippen molar-refractivity contribution in [2.45, 2.75) is 64.7 Å². The standard InChI is InChI=1S/C17H27NOS/c1-2-3-4-5-6-7-8-9-12-15-13-10-11-14-16(15)19-17(18)20/h10-11,13-14H,2-9,12H2,1H3,(H2,18,20). The lowest BCUT2D eigenvalue weighted by Gasteiger charge is -2.09. The van der Waals surface area contributed by atoms with E-state index in [2.05, 4.69) is 13.0 Å². The highest BCUT2D eigenvalue weighted by Gasteiger charge is 2.04. The van der Waals surface area contributed by atoms with Gasteiger partial charge in [0.05, 0.1) is 0 Å². The maximum absolute atomic E-state index is 5.44. The average molecular weight is 293 g/mol. The Hall–Kier alpha value is -1.09. The fraction of sp³-hybridized carbons (Fsp3) is 0.588. The molecule has 0 aliphatic carbocycles. The molecule has 0 saturated carbocycles. The average Bonchev–Trinajstić information content (AvgIpc) is 2.43. The minimum absolute atomic E-state index is 0.0911. The van der Waals surface area contributed by atoms with Crippen molar-refractivity contribution in [3.05, 3.63) is 29.8 Å². The summed E-state index contributed by atoms with van der Waals surface area (Å²) in [6.45, 7) is 2.26. The zero-order valence-corrected chi connectivity index (χ0v) is 13.4. The van der Waals surface area contributed by atoms with E-state index in [0.717, 1.165) is 12.2 Å². The van der Waals surface area contributed by atoms with E-state index >= 15 is 0 Å². The van der Waals surface area contributed by atoms with Crippen LogP contribution in [0.25, 0.3) is 0 Å². The van der Waals surface area contributed by atoms with Crippen LogP contribution in [-0.2, 0) is 6.42 Å². The number of aryl methyl sites for hydroxylation is 1. The van der Waals surface area contributed by atoms with Gasteiger partial charge in [0, 0.05) is 0 Å². The number of rotatable bonds is 10. The van der Waals surface area contributed by atoms with Crippen molar-refractivity contribution in [3.63, 3.8) is 0 Å². The van der Waals surface area contributed by atoms with Crippen LogP contribution in [0.1, 0.15) is 63.9 Å². The van der Waals surface area contributed by atoms with Gasteiger partial charge in [0.15, 0.2) is 0 Å². The molecule has 0 aliphatic rings. The third kappa shape index (κ3) is 7.49. The Labute approximate surface area is 128 Å². The summed E-state index contributed by atoms with van der Waals surface area (Å²) in [5.74, 6) is 0.808. The summed E-state index contributed by atoms with van der Waals surface area (Å²) in [4.78, 5) is 0. The molecule has 0 radical (unpaired) electrons. The van der Waals surface area contributed by atoms with E-state index < -0.39 is 0 Å². The molecular formula is C17H27NOS. The lowest BCUT2D eigenvalue weighted by atomic mass is 10.0. The van der Waals surface area contributed by atoms with E-state index in [9.17, 15) is 0 Å². The Morgan fingerprint density at radius 3 is 2.25 bits per heavy atom. The van der Waals surface area contributed by atoms with Crippen LogP contribution in [0.3, 0.4) is 0 Å². The number of thiocarbonyl (C=S) groups is 1. The van der Waals surface area contributed by atoms with Crippen molar-refractivity contribution in [1.82, 2.24) is 0 Å². The summed E-state index contributed by atoms with van der Waals surface area (Å²) in [6.07, 6.45) is 11.7. The van der Waals surface area contributed by atoms with E-state index in [1.165, 1.54) is 56.9 Å². The first kappa shape index (κ1) is 17.0. The number of hydrogen-bond acceptors (Lipinski definition) is 2. The molecule has 0 fully saturated rings. The SMILES string of the molecule is CCCCCCCCCCc1ccccc1OC(N)=S.